The zero-order valence-electron chi connectivity index (χ0n) is 14.1. The van der Waals surface area contributed by atoms with Gasteiger partial charge in [-0.25, -0.2) is 9.45 Å². The molecule has 0 radical (unpaired) electrons. The van der Waals surface area contributed by atoms with Crippen molar-refractivity contribution in [1.82, 2.24) is 14.5 Å². The van der Waals surface area contributed by atoms with Crippen LogP contribution in [-0.4, -0.2) is 28.3 Å². The normalized spacial score (nSPS) is 13.4. The average molecular weight is 359 g/mol. The number of aromatic nitrogens is 3. The van der Waals surface area contributed by atoms with Gasteiger partial charge in [-0.3, -0.25) is 9.55 Å². The van der Waals surface area contributed by atoms with Crippen LogP contribution in [0.1, 0.15) is 0 Å². The summed E-state index contributed by atoms with van der Waals surface area (Å²) in [6.45, 7) is 1.32. The predicted molar refractivity (Wildman–Crippen MR) is 94.1 cm³/mol. The number of benzene rings is 1. The van der Waals surface area contributed by atoms with Crippen LogP contribution in [-0.2, 0) is 21.2 Å². The molecule has 0 saturated heterocycles. The SMILES string of the molecule is COOP(C)(=O)Oc1nc(-c2ccccc2)c(-c2ccncc2)n1C. The maximum atomic E-state index is 12.3. The highest BCUT2D eigenvalue weighted by molar-refractivity contribution is 7.53. The summed E-state index contributed by atoms with van der Waals surface area (Å²) < 4.78 is 24.2. The summed E-state index contributed by atoms with van der Waals surface area (Å²) in [5.74, 6) is 0. The van der Waals surface area contributed by atoms with E-state index in [1.165, 1.54) is 13.8 Å². The number of nitrogens with zero attached hydrogens (tertiary/aromatic N) is 3. The Hall–Kier alpha value is -2.47. The fourth-order valence-electron chi connectivity index (χ4n) is 2.50. The van der Waals surface area contributed by atoms with Crippen LogP contribution in [0.5, 0.6) is 6.01 Å². The highest BCUT2D eigenvalue weighted by Crippen LogP contribution is 2.45. The second-order valence-corrected chi connectivity index (χ2v) is 7.23. The van der Waals surface area contributed by atoms with Crippen molar-refractivity contribution in [3.8, 4) is 28.5 Å². The van der Waals surface area contributed by atoms with E-state index in [-0.39, 0.29) is 6.01 Å². The number of hydrogen-bond donors (Lipinski definition) is 0. The largest absolute Gasteiger partial charge is 0.405 e. The van der Waals surface area contributed by atoms with E-state index in [4.69, 9.17) is 9.20 Å². The number of pyridine rings is 1. The van der Waals surface area contributed by atoms with E-state index in [2.05, 4.69) is 14.9 Å². The topological polar surface area (TPSA) is 75.5 Å². The molecular weight excluding hydrogens is 341 g/mol. The lowest BCUT2D eigenvalue weighted by Crippen LogP contribution is -2.01. The zero-order valence-corrected chi connectivity index (χ0v) is 15.0. The molecule has 2 aromatic heterocycles. The van der Waals surface area contributed by atoms with Crippen molar-refractivity contribution in [2.24, 2.45) is 7.05 Å². The Bertz CT molecular complexity index is 897. The van der Waals surface area contributed by atoms with Crippen molar-refractivity contribution in [2.75, 3.05) is 13.8 Å². The molecule has 2 heterocycles. The smallest absolute Gasteiger partial charge is 0.389 e. The fourth-order valence-corrected chi connectivity index (χ4v) is 3.26. The summed E-state index contributed by atoms with van der Waals surface area (Å²) in [6, 6.07) is 13.6. The van der Waals surface area contributed by atoms with Crippen molar-refractivity contribution in [3.05, 3.63) is 54.9 Å². The van der Waals surface area contributed by atoms with Crippen LogP contribution >= 0.6 is 7.60 Å². The maximum Gasteiger partial charge on any atom is 0.405 e. The molecular formula is C17H18N3O4P. The summed E-state index contributed by atoms with van der Waals surface area (Å²) >= 11 is 0. The van der Waals surface area contributed by atoms with E-state index in [9.17, 15) is 4.57 Å². The van der Waals surface area contributed by atoms with Gasteiger partial charge in [0.2, 0.25) is 0 Å². The van der Waals surface area contributed by atoms with Crippen LogP contribution in [0.15, 0.2) is 54.9 Å². The second-order valence-electron chi connectivity index (χ2n) is 5.36. The van der Waals surface area contributed by atoms with Gasteiger partial charge >= 0.3 is 13.6 Å². The Balaban J connectivity index is 2.14. The van der Waals surface area contributed by atoms with Gasteiger partial charge in [0.25, 0.3) is 0 Å². The van der Waals surface area contributed by atoms with Crippen LogP contribution < -0.4 is 4.52 Å². The molecule has 1 aromatic carbocycles. The zero-order chi connectivity index (χ0) is 17.9. The minimum absolute atomic E-state index is 0.175. The molecule has 0 spiro atoms. The van der Waals surface area contributed by atoms with Crippen LogP contribution in [0.25, 0.3) is 22.5 Å². The van der Waals surface area contributed by atoms with E-state index in [1.54, 1.807) is 24.0 Å². The third-order valence-electron chi connectivity index (χ3n) is 3.51. The van der Waals surface area contributed by atoms with Gasteiger partial charge in [-0.15, -0.1) is 4.67 Å². The highest BCUT2D eigenvalue weighted by atomic mass is 31.2. The first kappa shape index (κ1) is 17.4. The Morgan fingerprint density at radius 1 is 1.04 bits per heavy atom. The predicted octanol–water partition coefficient (Wildman–Crippen LogP) is 3.93. The number of hydrogen-bond acceptors (Lipinski definition) is 6. The van der Waals surface area contributed by atoms with Crippen molar-refractivity contribution in [1.29, 1.82) is 0 Å². The molecule has 3 aromatic rings. The quantitative estimate of drug-likeness (QED) is 0.377. The van der Waals surface area contributed by atoms with Gasteiger partial charge in [0.15, 0.2) is 0 Å². The lowest BCUT2D eigenvalue weighted by atomic mass is 10.1. The number of rotatable bonds is 6. The molecule has 0 N–H and O–H groups in total. The minimum atomic E-state index is -3.45. The van der Waals surface area contributed by atoms with Gasteiger partial charge in [-0.1, -0.05) is 30.3 Å². The van der Waals surface area contributed by atoms with Gasteiger partial charge < -0.3 is 4.52 Å². The van der Waals surface area contributed by atoms with E-state index >= 15 is 0 Å². The Morgan fingerprint density at radius 3 is 2.36 bits per heavy atom. The van der Waals surface area contributed by atoms with E-state index in [0.717, 1.165) is 16.8 Å². The molecule has 0 aliphatic rings. The van der Waals surface area contributed by atoms with Crippen molar-refractivity contribution in [2.45, 2.75) is 0 Å². The second kappa shape index (κ2) is 7.19. The molecule has 0 amide bonds. The number of imidazole rings is 1. The monoisotopic (exact) mass is 359 g/mol. The van der Waals surface area contributed by atoms with Crippen molar-refractivity contribution in [3.63, 3.8) is 0 Å². The van der Waals surface area contributed by atoms with Gasteiger partial charge in [0, 0.05) is 30.6 Å². The van der Waals surface area contributed by atoms with Crippen LogP contribution in [0.4, 0.5) is 0 Å². The van der Waals surface area contributed by atoms with Gasteiger partial charge in [-0.05, 0) is 12.1 Å². The molecule has 3 rings (SSSR count). The molecule has 0 aliphatic heterocycles. The third kappa shape index (κ3) is 3.79. The first-order chi connectivity index (χ1) is 12.0. The summed E-state index contributed by atoms with van der Waals surface area (Å²) in [4.78, 5) is 13.1. The van der Waals surface area contributed by atoms with E-state index in [0.29, 0.717) is 5.69 Å². The lowest BCUT2D eigenvalue weighted by molar-refractivity contribution is -0.183. The molecule has 0 aliphatic carbocycles. The lowest BCUT2D eigenvalue weighted by Gasteiger charge is -2.12. The van der Waals surface area contributed by atoms with Crippen LogP contribution in [0.3, 0.4) is 0 Å². The summed E-state index contributed by atoms with van der Waals surface area (Å²) in [6.07, 6.45) is 3.41. The highest BCUT2D eigenvalue weighted by Gasteiger charge is 2.26. The molecule has 25 heavy (non-hydrogen) atoms. The van der Waals surface area contributed by atoms with Gasteiger partial charge in [0.1, 0.15) is 5.69 Å². The first-order valence-electron chi connectivity index (χ1n) is 7.54. The van der Waals surface area contributed by atoms with Crippen molar-refractivity contribution >= 4 is 7.60 Å². The molecule has 1 unspecified atom stereocenters. The van der Waals surface area contributed by atoms with Crippen LogP contribution in [0.2, 0.25) is 0 Å². The standard InChI is InChI=1S/C17H18N3O4P/c1-20-16(14-9-11-18-12-10-14)15(13-7-5-4-6-8-13)19-17(20)23-25(3,21)24-22-2/h4-12H,1-3H3. The Kier molecular flexibility index (Phi) is 4.99. The minimum Gasteiger partial charge on any atom is -0.389 e. The molecule has 0 saturated carbocycles. The van der Waals surface area contributed by atoms with E-state index < -0.39 is 7.60 Å². The molecule has 1 atom stereocenters. The average Bonchev–Trinajstić information content (AvgIpc) is 2.92. The third-order valence-corrected chi connectivity index (χ3v) is 4.43. The van der Waals surface area contributed by atoms with Crippen LogP contribution in [0, 0.1) is 0 Å². The van der Waals surface area contributed by atoms with Gasteiger partial charge in [0.05, 0.1) is 19.5 Å². The Morgan fingerprint density at radius 2 is 1.72 bits per heavy atom. The molecule has 8 heteroatoms. The molecule has 130 valence electrons. The molecule has 0 fully saturated rings. The summed E-state index contributed by atoms with van der Waals surface area (Å²) in [5, 5.41) is 0. The van der Waals surface area contributed by atoms with Gasteiger partial charge in [-0.2, -0.15) is 4.98 Å². The maximum absolute atomic E-state index is 12.3. The van der Waals surface area contributed by atoms with Crippen molar-refractivity contribution < 1.29 is 18.7 Å². The Labute approximate surface area is 145 Å². The molecule has 7 nitrogen and oxygen atoms in total. The fraction of sp³-hybridized carbons (Fsp3) is 0.176. The first-order valence-corrected chi connectivity index (χ1v) is 9.53. The summed E-state index contributed by atoms with van der Waals surface area (Å²) in [7, 11) is -0.386. The summed E-state index contributed by atoms with van der Waals surface area (Å²) in [5.41, 5.74) is 3.36. The van der Waals surface area contributed by atoms with E-state index in [1.807, 2.05) is 42.5 Å². The molecule has 0 bridgehead atoms.